The Bertz CT molecular complexity index is 931. The van der Waals surface area contributed by atoms with Gasteiger partial charge in [0, 0.05) is 11.8 Å². The number of benzene rings is 1. The van der Waals surface area contributed by atoms with Gasteiger partial charge >= 0.3 is 0 Å². The van der Waals surface area contributed by atoms with E-state index in [0.29, 0.717) is 11.6 Å². The van der Waals surface area contributed by atoms with E-state index in [1.165, 1.54) is 30.6 Å². The minimum absolute atomic E-state index is 0.204. The number of hydrazine groups is 1. The number of carbonyl (C=O) groups is 1. The molecule has 2 heterocycles. The van der Waals surface area contributed by atoms with E-state index in [9.17, 15) is 9.18 Å². The van der Waals surface area contributed by atoms with Gasteiger partial charge in [-0.15, -0.1) is 0 Å². The van der Waals surface area contributed by atoms with Gasteiger partial charge in [0.05, 0.1) is 0 Å². The molecule has 5 N–H and O–H groups in total. The van der Waals surface area contributed by atoms with Crippen LogP contribution in [0.1, 0.15) is 15.9 Å². The summed E-state index contributed by atoms with van der Waals surface area (Å²) in [5.74, 6) is 0.256. The molecule has 0 spiro atoms. The molecule has 0 saturated heterocycles. The zero-order chi connectivity index (χ0) is 18.5. The maximum atomic E-state index is 12.9. The second-order valence-electron chi connectivity index (χ2n) is 5.41. The average Bonchev–Trinajstić information content (AvgIpc) is 2.63. The van der Waals surface area contributed by atoms with Crippen LogP contribution in [0.25, 0.3) is 0 Å². The SMILES string of the molecule is Cc1ccnc(Nc2ncnc(NNC(=O)c3ccc(F)cc3)c2N)c1. The van der Waals surface area contributed by atoms with Crippen LogP contribution >= 0.6 is 0 Å². The van der Waals surface area contributed by atoms with E-state index in [2.05, 4.69) is 31.1 Å². The Hall–Kier alpha value is -3.75. The van der Waals surface area contributed by atoms with Gasteiger partial charge in [-0.1, -0.05) is 0 Å². The summed E-state index contributed by atoms with van der Waals surface area (Å²) in [5, 5.41) is 3.00. The van der Waals surface area contributed by atoms with Crippen LogP contribution in [0.5, 0.6) is 0 Å². The van der Waals surface area contributed by atoms with Crippen molar-refractivity contribution in [3.63, 3.8) is 0 Å². The van der Waals surface area contributed by atoms with E-state index in [1.807, 2.05) is 19.1 Å². The summed E-state index contributed by atoms with van der Waals surface area (Å²) in [7, 11) is 0. The second-order valence-corrected chi connectivity index (χ2v) is 5.41. The van der Waals surface area contributed by atoms with Gasteiger partial charge in [-0.25, -0.2) is 19.3 Å². The third-order valence-corrected chi connectivity index (χ3v) is 3.45. The number of nitrogen functional groups attached to an aromatic ring is 1. The molecule has 0 fully saturated rings. The number of nitrogens with zero attached hydrogens (tertiary/aromatic N) is 3. The first-order chi connectivity index (χ1) is 12.5. The molecular weight excluding hydrogens is 337 g/mol. The molecule has 3 aromatic rings. The second kappa shape index (κ2) is 7.43. The fraction of sp³-hybridized carbons (Fsp3) is 0.0588. The first kappa shape index (κ1) is 17.1. The molecule has 2 aromatic heterocycles. The van der Waals surface area contributed by atoms with E-state index in [0.717, 1.165) is 5.56 Å². The molecule has 0 aliphatic carbocycles. The van der Waals surface area contributed by atoms with Crippen molar-refractivity contribution in [1.29, 1.82) is 0 Å². The molecular formula is C17H16FN7O. The molecule has 0 bridgehead atoms. The lowest BCUT2D eigenvalue weighted by atomic mass is 10.2. The standard InChI is InChI=1S/C17H16FN7O/c1-10-6-7-20-13(8-10)23-15-14(19)16(22-9-21-15)24-25-17(26)11-2-4-12(18)5-3-11/h2-9H,19H2,1H3,(H,25,26)(H2,20,21,22,23,24). The number of amides is 1. The number of halogens is 1. The molecule has 0 saturated carbocycles. The number of anilines is 4. The van der Waals surface area contributed by atoms with Crippen LogP contribution in [-0.4, -0.2) is 20.9 Å². The molecule has 0 unspecified atom stereocenters. The number of aryl methyl sites for hydroxylation is 1. The largest absolute Gasteiger partial charge is 0.393 e. The van der Waals surface area contributed by atoms with Gasteiger partial charge in [-0.3, -0.25) is 15.6 Å². The van der Waals surface area contributed by atoms with Crippen LogP contribution in [0.3, 0.4) is 0 Å². The Kier molecular flexibility index (Phi) is 4.88. The van der Waals surface area contributed by atoms with Crippen LogP contribution in [0.15, 0.2) is 48.9 Å². The van der Waals surface area contributed by atoms with Crippen molar-refractivity contribution in [3.8, 4) is 0 Å². The molecule has 26 heavy (non-hydrogen) atoms. The quantitative estimate of drug-likeness (QED) is 0.520. The first-order valence-electron chi connectivity index (χ1n) is 7.65. The lowest BCUT2D eigenvalue weighted by Crippen LogP contribution is -2.30. The number of rotatable bonds is 5. The minimum Gasteiger partial charge on any atom is -0.393 e. The molecule has 0 aliphatic heterocycles. The summed E-state index contributed by atoms with van der Waals surface area (Å²) >= 11 is 0. The number of nitrogens with two attached hydrogens (primary N) is 1. The third kappa shape index (κ3) is 4.01. The molecule has 0 aliphatic rings. The van der Waals surface area contributed by atoms with Crippen molar-refractivity contribution in [2.45, 2.75) is 6.92 Å². The highest BCUT2D eigenvalue weighted by molar-refractivity contribution is 5.95. The average molecular weight is 353 g/mol. The molecule has 132 valence electrons. The van der Waals surface area contributed by atoms with Crippen molar-refractivity contribution < 1.29 is 9.18 Å². The smallest absolute Gasteiger partial charge is 0.269 e. The van der Waals surface area contributed by atoms with Crippen LogP contribution in [0.2, 0.25) is 0 Å². The van der Waals surface area contributed by atoms with Crippen molar-refractivity contribution in [2.24, 2.45) is 0 Å². The van der Waals surface area contributed by atoms with Crippen molar-refractivity contribution in [1.82, 2.24) is 20.4 Å². The zero-order valence-corrected chi connectivity index (χ0v) is 13.8. The summed E-state index contributed by atoms with van der Waals surface area (Å²) in [5.41, 5.74) is 12.6. The van der Waals surface area contributed by atoms with Gasteiger partial charge in [0.1, 0.15) is 23.6 Å². The maximum absolute atomic E-state index is 12.9. The number of aromatic nitrogens is 3. The Morgan fingerprint density at radius 3 is 2.54 bits per heavy atom. The van der Waals surface area contributed by atoms with Crippen molar-refractivity contribution in [2.75, 3.05) is 16.5 Å². The van der Waals surface area contributed by atoms with Gasteiger partial charge < -0.3 is 11.1 Å². The number of carbonyl (C=O) groups excluding carboxylic acids is 1. The molecule has 0 atom stereocenters. The molecule has 9 heteroatoms. The minimum atomic E-state index is -0.460. The highest BCUT2D eigenvalue weighted by atomic mass is 19.1. The molecule has 1 amide bonds. The van der Waals surface area contributed by atoms with E-state index in [-0.39, 0.29) is 17.1 Å². The van der Waals surface area contributed by atoms with E-state index in [1.54, 1.807) is 6.20 Å². The normalized spacial score (nSPS) is 10.2. The lowest BCUT2D eigenvalue weighted by Gasteiger charge is -2.13. The zero-order valence-electron chi connectivity index (χ0n) is 13.8. The number of hydrogen-bond donors (Lipinski definition) is 4. The van der Waals surface area contributed by atoms with Gasteiger partial charge in [0.2, 0.25) is 0 Å². The number of hydrogen-bond acceptors (Lipinski definition) is 7. The van der Waals surface area contributed by atoms with Crippen LogP contribution in [0, 0.1) is 12.7 Å². The van der Waals surface area contributed by atoms with Crippen LogP contribution in [0.4, 0.5) is 27.5 Å². The molecule has 1 aromatic carbocycles. The summed E-state index contributed by atoms with van der Waals surface area (Å²) < 4.78 is 12.9. The maximum Gasteiger partial charge on any atom is 0.269 e. The predicted molar refractivity (Wildman–Crippen MR) is 96.2 cm³/mol. The fourth-order valence-corrected chi connectivity index (χ4v) is 2.11. The number of pyridine rings is 1. The Balaban J connectivity index is 1.70. The van der Waals surface area contributed by atoms with E-state index >= 15 is 0 Å². The lowest BCUT2D eigenvalue weighted by molar-refractivity contribution is 0.0962. The monoisotopic (exact) mass is 353 g/mol. The van der Waals surface area contributed by atoms with Crippen molar-refractivity contribution >= 4 is 29.0 Å². The van der Waals surface area contributed by atoms with Crippen LogP contribution in [-0.2, 0) is 0 Å². The highest BCUT2D eigenvalue weighted by Crippen LogP contribution is 2.24. The van der Waals surface area contributed by atoms with Gasteiger partial charge in [-0.2, -0.15) is 0 Å². The summed E-state index contributed by atoms with van der Waals surface area (Å²) in [6.07, 6.45) is 2.96. The fourth-order valence-electron chi connectivity index (χ4n) is 2.11. The Morgan fingerprint density at radius 2 is 1.81 bits per heavy atom. The third-order valence-electron chi connectivity index (χ3n) is 3.45. The van der Waals surface area contributed by atoms with Crippen molar-refractivity contribution in [3.05, 3.63) is 65.9 Å². The van der Waals surface area contributed by atoms with Gasteiger partial charge in [-0.05, 0) is 48.9 Å². The van der Waals surface area contributed by atoms with Crippen LogP contribution < -0.4 is 21.9 Å². The molecule has 3 rings (SSSR count). The summed E-state index contributed by atoms with van der Waals surface area (Å²) in [4.78, 5) is 24.3. The Labute approximate surface area is 148 Å². The number of nitrogens with one attached hydrogen (secondary N) is 3. The molecule has 0 radical (unpaired) electrons. The summed E-state index contributed by atoms with van der Waals surface area (Å²) in [6, 6.07) is 8.84. The first-order valence-corrected chi connectivity index (χ1v) is 7.65. The van der Waals surface area contributed by atoms with E-state index < -0.39 is 11.7 Å². The van der Waals surface area contributed by atoms with Gasteiger partial charge in [0.15, 0.2) is 11.6 Å². The predicted octanol–water partition coefficient (Wildman–Crippen LogP) is 2.40. The van der Waals surface area contributed by atoms with Gasteiger partial charge in [0.25, 0.3) is 5.91 Å². The molecule has 8 nitrogen and oxygen atoms in total. The highest BCUT2D eigenvalue weighted by Gasteiger charge is 2.11. The topological polar surface area (TPSA) is 118 Å². The summed E-state index contributed by atoms with van der Waals surface area (Å²) in [6.45, 7) is 1.94. The van der Waals surface area contributed by atoms with E-state index in [4.69, 9.17) is 5.73 Å². The Morgan fingerprint density at radius 1 is 1.08 bits per heavy atom.